The van der Waals surface area contributed by atoms with Crippen LogP contribution in [0.2, 0.25) is 0 Å². The lowest BCUT2D eigenvalue weighted by molar-refractivity contribution is -0.116. The van der Waals surface area contributed by atoms with E-state index in [-0.39, 0.29) is 23.7 Å². The van der Waals surface area contributed by atoms with Crippen LogP contribution in [0, 0.1) is 0 Å². The maximum absolute atomic E-state index is 12.6. The van der Waals surface area contributed by atoms with E-state index in [1.807, 2.05) is 36.9 Å². The lowest BCUT2D eigenvalue weighted by Gasteiger charge is -2.16. The van der Waals surface area contributed by atoms with Crippen LogP contribution >= 0.6 is 23.1 Å². The highest BCUT2D eigenvalue weighted by atomic mass is 32.2. The molecule has 0 unspecified atom stereocenters. The third-order valence-corrected chi connectivity index (χ3v) is 6.58. The van der Waals surface area contributed by atoms with Crippen molar-refractivity contribution in [2.24, 2.45) is 0 Å². The van der Waals surface area contributed by atoms with Crippen molar-refractivity contribution in [2.75, 3.05) is 22.5 Å². The normalized spacial score (nSPS) is 12.7. The van der Waals surface area contributed by atoms with Crippen molar-refractivity contribution in [1.29, 1.82) is 0 Å². The molecule has 1 aliphatic rings. The van der Waals surface area contributed by atoms with Crippen LogP contribution in [0.5, 0.6) is 5.75 Å². The van der Waals surface area contributed by atoms with Crippen LogP contribution in [0.4, 0.5) is 10.8 Å². The van der Waals surface area contributed by atoms with Gasteiger partial charge in [0.25, 0.3) is 5.91 Å². The summed E-state index contributed by atoms with van der Waals surface area (Å²) in [7, 11) is 0. The average molecular weight is 455 g/mol. The molecule has 31 heavy (non-hydrogen) atoms. The Balaban J connectivity index is 1.30. The summed E-state index contributed by atoms with van der Waals surface area (Å²) in [4.78, 5) is 26.9. The molecule has 0 spiro atoms. The zero-order valence-corrected chi connectivity index (χ0v) is 18.8. The van der Waals surface area contributed by atoms with Gasteiger partial charge in [-0.3, -0.25) is 14.9 Å². The second-order valence-electron chi connectivity index (χ2n) is 7.23. The lowest BCUT2D eigenvalue weighted by Crippen LogP contribution is -2.30. The van der Waals surface area contributed by atoms with E-state index < -0.39 is 0 Å². The first-order valence-electron chi connectivity index (χ1n) is 9.92. The predicted molar refractivity (Wildman–Crippen MR) is 123 cm³/mol. The molecule has 0 aliphatic carbocycles. The summed E-state index contributed by atoms with van der Waals surface area (Å²) in [6.07, 6.45) is 0.954. The quantitative estimate of drug-likeness (QED) is 0.424. The zero-order chi connectivity index (χ0) is 21.8. The number of carbonyl (C=O) groups excluding carboxylic acids is 2. The fourth-order valence-electron chi connectivity index (χ4n) is 3.24. The van der Waals surface area contributed by atoms with Crippen LogP contribution in [0.3, 0.4) is 0 Å². The maximum atomic E-state index is 12.6. The van der Waals surface area contributed by atoms with Gasteiger partial charge in [-0.2, -0.15) is 0 Å². The Labute approximate surface area is 188 Å². The topological polar surface area (TPSA) is 84.4 Å². The van der Waals surface area contributed by atoms with E-state index in [1.54, 1.807) is 24.3 Å². The first-order valence-corrected chi connectivity index (χ1v) is 11.7. The van der Waals surface area contributed by atoms with Gasteiger partial charge in [0.15, 0.2) is 4.34 Å². The fourth-order valence-corrected chi connectivity index (χ4v) is 4.87. The van der Waals surface area contributed by atoms with Crippen molar-refractivity contribution in [3.05, 3.63) is 59.7 Å². The highest BCUT2D eigenvalue weighted by Gasteiger charge is 2.24. The Bertz CT molecular complexity index is 1080. The van der Waals surface area contributed by atoms with Gasteiger partial charge >= 0.3 is 0 Å². The molecular formula is C22H22N4O3S2. The molecule has 0 saturated heterocycles. The number of anilines is 2. The van der Waals surface area contributed by atoms with Crippen LogP contribution in [-0.4, -0.2) is 40.4 Å². The SMILES string of the molecule is CC(C)Oc1ccc(C(=O)Nc2nnc(SCC(=O)N3CCc4ccccc43)s2)cc1. The summed E-state index contributed by atoms with van der Waals surface area (Å²) in [5.41, 5.74) is 2.69. The summed E-state index contributed by atoms with van der Waals surface area (Å²) in [6, 6.07) is 14.9. The Morgan fingerprint density at radius 2 is 1.94 bits per heavy atom. The molecule has 160 valence electrons. The van der Waals surface area contributed by atoms with Crippen LogP contribution in [-0.2, 0) is 11.2 Å². The fraction of sp³-hybridized carbons (Fsp3) is 0.273. The molecule has 0 radical (unpaired) electrons. The zero-order valence-electron chi connectivity index (χ0n) is 17.2. The lowest BCUT2D eigenvalue weighted by atomic mass is 10.2. The van der Waals surface area contributed by atoms with E-state index in [0.29, 0.717) is 27.3 Å². The Hall–Kier alpha value is -2.91. The average Bonchev–Trinajstić information content (AvgIpc) is 3.39. The number of carbonyl (C=O) groups is 2. The Morgan fingerprint density at radius 1 is 1.16 bits per heavy atom. The molecular weight excluding hydrogens is 432 g/mol. The highest BCUT2D eigenvalue weighted by molar-refractivity contribution is 8.01. The number of fused-ring (bicyclic) bond motifs is 1. The molecule has 1 aromatic heterocycles. The molecule has 2 aromatic carbocycles. The number of para-hydroxylation sites is 1. The first kappa shape index (κ1) is 21.3. The van der Waals surface area contributed by atoms with Crippen molar-refractivity contribution in [1.82, 2.24) is 10.2 Å². The van der Waals surface area contributed by atoms with Crippen LogP contribution < -0.4 is 15.0 Å². The Morgan fingerprint density at radius 3 is 2.71 bits per heavy atom. The second kappa shape index (κ2) is 9.49. The number of hydrogen-bond donors (Lipinski definition) is 1. The number of thioether (sulfide) groups is 1. The summed E-state index contributed by atoms with van der Waals surface area (Å²) in [5.74, 6) is 0.758. The van der Waals surface area contributed by atoms with Crippen molar-refractivity contribution in [3.63, 3.8) is 0 Å². The number of nitrogens with zero attached hydrogens (tertiary/aromatic N) is 3. The van der Waals surface area contributed by atoms with Crippen LogP contribution in [0.15, 0.2) is 52.9 Å². The first-order chi connectivity index (χ1) is 15.0. The van der Waals surface area contributed by atoms with E-state index >= 15 is 0 Å². The van der Waals surface area contributed by atoms with Crippen molar-refractivity contribution >= 4 is 45.7 Å². The molecule has 2 heterocycles. The molecule has 3 aromatic rings. The molecule has 7 nitrogen and oxygen atoms in total. The van der Waals surface area contributed by atoms with Gasteiger partial charge < -0.3 is 9.64 Å². The van der Waals surface area contributed by atoms with E-state index in [9.17, 15) is 9.59 Å². The van der Waals surface area contributed by atoms with Gasteiger partial charge in [0, 0.05) is 17.8 Å². The minimum absolute atomic E-state index is 0.0411. The molecule has 2 amide bonds. The smallest absolute Gasteiger partial charge is 0.257 e. The molecule has 0 saturated carbocycles. The number of hydrogen-bond acceptors (Lipinski definition) is 7. The van der Waals surface area contributed by atoms with Crippen molar-refractivity contribution in [3.8, 4) is 5.75 Å². The molecule has 0 bridgehead atoms. The molecule has 4 rings (SSSR count). The maximum Gasteiger partial charge on any atom is 0.257 e. The molecule has 9 heteroatoms. The highest BCUT2D eigenvalue weighted by Crippen LogP contribution is 2.30. The second-order valence-corrected chi connectivity index (χ2v) is 9.43. The standard InChI is InChI=1S/C22H22N4O3S2/c1-14(2)29-17-9-7-16(8-10-17)20(28)23-21-24-25-22(31-21)30-13-19(27)26-12-11-15-5-3-4-6-18(15)26/h3-10,14H,11-13H2,1-2H3,(H,23,24,28). The predicted octanol–water partition coefficient (Wildman–Crippen LogP) is 4.26. The van der Waals surface area contributed by atoms with Gasteiger partial charge in [0.1, 0.15) is 5.75 Å². The largest absolute Gasteiger partial charge is 0.491 e. The summed E-state index contributed by atoms with van der Waals surface area (Å²) in [5, 5.41) is 11.2. The van der Waals surface area contributed by atoms with Gasteiger partial charge in [0.2, 0.25) is 11.0 Å². The summed E-state index contributed by atoms with van der Waals surface area (Å²) in [6.45, 7) is 4.60. The number of aromatic nitrogens is 2. The van der Waals surface area contributed by atoms with Crippen molar-refractivity contribution < 1.29 is 14.3 Å². The van der Waals surface area contributed by atoms with Crippen LogP contribution in [0.1, 0.15) is 29.8 Å². The minimum Gasteiger partial charge on any atom is -0.491 e. The minimum atomic E-state index is -0.270. The third-order valence-electron chi connectivity index (χ3n) is 4.62. The van der Waals surface area contributed by atoms with E-state index in [4.69, 9.17) is 4.74 Å². The summed E-state index contributed by atoms with van der Waals surface area (Å²) >= 11 is 2.58. The van der Waals surface area contributed by atoms with E-state index in [1.165, 1.54) is 28.7 Å². The molecule has 0 fully saturated rings. The molecule has 1 aliphatic heterocycles. The van der Waals surface area contributed by atoms with Gasteiger partial charge in [-0.1, -0.05) is 41.3 Å². The van der Waals surface area contributed by atoms with Gasteiger partial charge in [-0.05, 0) is 56.2 Å². The number of benzene rings is 2. The number of nitrogens with one attached hydrogen (secondary N) is 1. The van der Waals surface area contributed by atoms with Crippen LogP contribution in [0.25, 0.3) is 0 Å². The molecule has 1 N–H and O–H groups in total. The Kier molecular flexibility index (Phi) is 6.53. The summed E-state index contributed by atoms with van der Waals surface area (Å²) < 4.78 is 6.22. The van der Waals surface area contributed by atoms with Gasteiger partial charge in [-0.25, -0.2) is 0 Å². The van der Waals surface area contributed by atoms with Gasteiger partial charge in [0.05, 0.1) is 11.9 Å². The molecule has 0 atom stereocenters. The van der Waals surface area contributed by atoms with E-state index in [0.717, 1.165) is 12.1 Å². The number of amides is 2. The number of ether oxygens (including phenoxy) is 1. The van der Waals surface area contributed by atoms with Gasteiger partial charge in [-0.15, -0.1) is 10.2 Å². The number of rotatable bonds is 7. The third kappa shape index (κ3) is 5.23. The monoisotopic (exact) mass is 454 g/mol. The van der Waals surface area contributed by atoms with E-state index in [2.05, 4.69) is 21.6 Å². The van der Waals surface area contributed by atoms with Crippen molar-refractivity contribution in [2.45, 2.75) is 30.7 Å².